The lowest BCUT2D eigenvalue weighted by molar-refractivity contribution is 0.0424. The van der Waals surface area contributed by atoms with E-state index in [-0.39, 0.29) is 37.1 Å². The molecule has 2 aromatic rings. The van der Waals surface area contributed by atoms with Gasteiger partial charge in [-0.2, -0.15) is 0 Å². The Bertz CT molecular complexity index is 898. The average Bonchev–Trinajstić information content (AvgIpc) is 2.96. The van der Waals surface area contributed by atoms with Crippen molar-refractivity contribution in [2.45, 2.75) is 26.0 Å². The second kappa shape index (κ2) is 8.45. The van der Waals surface area contributed by atoms with Gasteiger partial charge in [0, 0.05) is 27.7 Å². The fraction of sp³-hybridized carbons (Fsp3) is 0.300. The summed E-state index contributed by atoms with van der Waals surface area (Å²) >= 11 is 2.03. The molecule has 0 radical (unpaired) electrons. The summed E-state index contributed by atoms with van der Waals surface area (Å²) in [5.41, 5.74) is 2.70. The van der Waals surface area contributed by atoms with Crippen LogP contribution in [0, 0.1) is 9.39 Å². The predicted molar refractivity (Wildman–Crippen MR) is 106 cm³/mol. The number of carbonyl (C=O) groups is 2. The molecule has 1 atom stereocenters. The summed E-state index contributed by atoms with van der Waals surface area (Å²) in [6.45, 7) is 1.80. The molecular weight excluding hydrogens is 464 g/mol. The molecule has 2 N–H and O–H groups in total. The van der Waals surface area contributed by atoms with E-state index in [9.17, 15) is 19.1 Å². The molecule has 5 nitrogen and oxygen atoms in total. The Labute approximate surface area is 170 Å². The van der Waals surface area contributed by atoms with Gasteiger partial charge in [-0.3, -0.25) is 9.59 Å². The second-order valence-corrected chi connectivity index (χ2v) is 7.79. The molecular formula is C20H19FINO4. The molecule has 0 spiro atoms. The Morgan fingerprint density at radius 3 is 2.81 bits per heavy atom. The summed E-state index contributed by atoms with van der Waals surface area (Å²) in [5, 5.41) is 12.0. The smallest absolute Gasteiger partial charge is 0.251 e. The standard InChI is InChI=1S/C20H19FINO4/c1-11(24)9-27-10-19(25)16-6-14-8-23-20(26)17(14)5-13(16)4-12-2-3-15(22)7-18(12)21/h2-3,5-7,11,24H,4,8-10H2,1H3,(H,23,26)/t11-/m0/s1. The van der Waals surface area contributed by atoms with Crippen molar-refractivity contribution < 1.29 is 23.8 Å². The van der Waals surface area contributed by atoms with Gasteiger partial charge in [-0.1, -0.05) is 6.07 Å². The number of aliphatic hydroxyl groups is 1. The highest BCUT2D eigenvalue weighted by atomic mass is 127. The lowest BCUT2D eigenvalue weighted by Gasteiger charge is -2.13. The minimum atomic E-state index is -0.667. The molecule has 0 bridgehead atoms. The Kier molecular flexibility index (Phi) is 6.23. The van der Waals surface area contributed by atoms with E-state index in [1.165, 1.54) is 6.07 Å². The first-order valence-electron chi connectivity index (χ1n) is 8.52. The van der Waals surface area contributed by atoms with Crippen molar-refractivity contribution in [3.63, 3.8) is 0 Å². The molecule has 1 aliphatic rings. The maximum atomic E-state index is 14.3. The molecule has 0 unspecified atom stereocenters. The first kappa shape index (κ1) is 19.9. The van der Waals surface area contributed by atoms with Crippen LogP contribution < -0.4 is 5.32 Å². The van der Waals surface area contributed by atoms with Crippen LogP contribution in [0.3, 0.4) is 0 Å². The van der Waals surface area contributed by atoms with Crippen LogP contribution in [0.1, 0.15) is 44.3 Å². The predicted octanol–water partition coefficient (Wildman–Crippen LogP) is 2.84. The Morgan fingerprint density at radius 2 is 2.11 bits per heavy atom. The summed E-state index contributed by atoms with van der Waals surface area (Å²) in [6, 6.07) is 8.26. The normalized spacial score (nSPS) is 14.0. The highest BCUT2D eigenvalue weighted by Gasteiger charge is 2.24. The van der Waals surface area contributed by atoms with E-state index in [1.807, 2.05) is 22.6 Å². The third-order valence-electron chi connectivity index (χ3n) is 4.30. The molecule has 2 aromatic carbocycles. The lowest BCUT2D eigenvalue weighted by atomic mass is 9.93. The number of rotatable bonds is 7. The van der Waals surface area contributed by atoms with E-state index >= 15 is 0 Å². The van der Waals surface area contributed by atoms with Gasteiger partial charge < -0.3 is 15.2 Å². The van der Waals surface area contributed by atoms with Gasteiger partial charge in [0.15, 0.2) is 5.78 Å². The molecule has 0 aromatic heterocycles. The number of carbonyl (C=O) groups excluding carboxylic acids is 2. The Hall–Kier alpha value is -1.84. The van der Waals surface area contributed by atoms with Crippen LogP contribution in [-0.2, 0) is 17.7 Å². The van der Waals surface area contributed by atoms with E-state index < -0.39 is 6.10 Å². The zero-order valence-electron chi connectivity index (χ0n) is 14.7. The van der Waals surface area contributed by atoms with Crippen molar-refractivity contribution in [2.24, 2.45) is 0 Å². The topological polar surface area (TPSA) is 75.6 Å². The Balaban J connectivity index is 1.93. The SMILES string of the molecule is C[C@H](O)COCC(=O)c1cc2c(cc1Cc1ccc(I)cc1F)C(=O)NC2. The number of halogens is 2. The monoisotopic (exact) mass is 483 g/mol. The van der Waals surface area contributed by atoms with E-state index in [0.29, 0.717) is 28.8 Å². The maximum Gasteiger partial charge on any atom is 0.251 e. The van der Waals surface area contributed by atoms with Crippen LogP contribution in [0.2, 0.25) is 0 Å². The maximum absolute atomic E-state index is 14.3. The second-order valence-electron chi connectivity index (χ2n) is 6.55. The highest BCUT2D eigenvalue weighted by Crippen LogP contribution is 2.25. The third kappa shape index (κ3) is 4.72. The van der Waals surface area contributed by atoms with Crippen molar-refractivity contribution in [2.75, 3.05) is 13.2 Å². The van der Waals surface area contributed by atoms with Crippen LogP contribution >= 0.6 is 22.6 Å². The van der Waals surface area contributed by atoms with Gasteiger partial charge in [0.05, 0.1) is 12.7 Å². The highest BCUT2D eigenvalue weighted by molar-refractivity contribution is 14.1. The number of nitrogens with one attached hydrogen (secondary N) is 1. The van der Waals surface area contributed by atoms with Gasteiger partial charge in [-0.25, -0.2) is 4.39 Å². The number of amides is 1. The molecule has 27 heavy (non-hydrogen) atoms. The summed E-state index contributed by atoms with van der Waals surface area (Å²) in [6.07, 6.45) is -0.471. The van der Waals surface area contributed by atoms with Crippen molar-refractivity contribution >= 4 is 34.3 Å². The number of Topliss-reactive ketones (excluding diaryl/α,β-unsaturated/α-hetero) is 1. The van der Waals surface area contributed by atoms with E-state index in [0.717, 1.165) is 9.13 Å². The van der Waals surface area contributed by atoms with Gasteiger partial charge in [0.2, 0.25) is 0 Å². The molecule has 0 fully saturated rings. The first-order valence-corrected chi connectivity index (χ1v) is 9.60. The summed E-state index contributed by atoms with van der Waals surface area (Å²) in [5.74, 6) is -0.812. The van der Waals surface area contributed by atoms with Gasteiger partial charge in [-0.15, -0.1) is 0 Å². The molecule has 1 heterocycles. The number of ketones is 1. The first-order chi connectivity index (χ1) is 12.8. The minimum absolute atomic E-state index is 0.0534. The largest absolute Gasteiger partial charge is 0.391 e. The van der Waals surface area contributed by atoms with E-state index in [2.05, 4.69) is 5.32 Å². The van der Waals surface area contributed by atoms with Gasteiger partial charge in [-0.05, 0) is 70.5 Å². The molecule has 0 aliphatic carbocycles. The molecule has 7 heteroatoms. The molecule has 142 valence electrons. The Morgan fingerprint density at radius 1 is 1.33 bits per heavy atom. The van der Waals surface area contributed by atoms with Gasteiger partial charge >= 0.3 is 0 Å². The molecule has 0 saturated carbocycles. The van der Waals surface area contributed by atoms with Gasteiger partial charge in [0.1, 0.15) is 12.4 Å². The van der Waals surface area contributed by atoms with Gasteiger partial charge in [0.25, 0.3) is 5.91 Å². The third-order valence-corrected chi connectivity index (χ3v) is 4.97. The van der Waals surface area contributed by atoms with Crippen LogP contribution in [-0.4, -0.2) is 36.1 Å². The van der Waals surface area contributed by atoms with Crippen LogP contribution in [0.4, 0.5) is 4.39 Å². The van der Waals surface area contributed by atoms with Crippen molar-refractivity contribution in [1.29, 1.82) is 0 Å². The van der Waals surface area contributed by atoms with Crippen molar-refractivity contribution in [3.05, 3.63) is 67.5 Å². The average molecular weight is 483 g/mol. The molecule has 1 amide bonds. The number of hydrogen-bond acceptors (Lipinski definition) is 4. The van der Waals surface area contributed by atoms with E-state index in [1.54, 1.807) is 31.2 Å². The summed E-state index contributed by atoms with van der Waals surface area (Å²) in [4.78, 5) is 24.6. The lowest BCUT2D eigenvalue weighted by Crippen LogP contribution is -2.18. The van der Waals surface area contributed by atoms with Crippen LogP contribution in [0.5, 0.6) is 0 Å². The number of benzene rings is 2. The van der Waals surface area contributed by atoms with Crippen molar-refractivity contribution in [3.8, 4) is 0 Å². The van der Waals surface area contributed by atoms with Crippen molar-refractivity contribution in [1.82, 2.24) is 5.32 Å². The quantitative estimate of drug-likeness (QED) is 0.470. The number of ether oxygens (including phenoxy) is 1. The summed E-state index contributed by atoms with van der Waals surface area (Å²) in [7, 11) is 0. The van der Waals surface area contributed by atoms with E-state index in [4.69, 9.17) is 4.74 Å². The number of fused-ring (bicyclic) bond motifs is 1. The molecule has 3 rings (SSSR count). The zero-order chi connectivity index (χ0) is 19.6. The number of aliphatic hydroxyl groups excluding tert-OH is 1. The molecule has 0 saturated heterocycles. The summed E-state index contributed by atoms with van der Waals surface area (Å²) < 4.78 is 20.3. The van der Waals surface area contributed by atoms with Crippen LogP contribution in [0.15, 0.2) is 30.3 Å². The molecule has 1 aliphatic heterocycles. The number of hydrogen-bond donors (Lipinski definition) is 2. The fourth-order valence-electron chi connectivity index (χ4n) is 2.99. The fourth-order valence-corrected chi connectivity index (χ4v) is 3.45. The zero-order valence-corrected chi connectivity index (χ0v) is 16.9. The van der Waals surface area contributed by atoms with Crippen LogP contribution in [0.25, 0.3) is 0 Å². The minimum Gasteiger partial charge on any atom is -0.391 e.